The van der Waals surface area contributed by atoms with Crippen LogP contribution in [0.5, 0.6) is 5.75 Å². The molecule has 5 unspecified atom stereocenters. The van der Waals surface area contributed by atoms with Crippen LogP contribution in [0.4, 0.5) is 0 Å². The largest absolute Gasteiger partial charge is 0.508 e. The van der Waals surface area contributed by atoms with E-state index in [1.807, 2.05) is 12.1 Å². The normalized spacial score (nSPS) is 14.6. The van der Waals surface area contributed by atoms with Crippen molar-refractivity contribution in [3.05, 3.63) is 65.9 Å². The molecule has 224 valence electrons. The number of H-pyrrole nitrogens is 1. The number of aliphatic hydroxyl groups excluding tert-OH is 1. The van der Waals surface area contributed by atoms with Crippen molar-refractivity contribution >= 4 is 40.5 Å². The van der Waals surface area contributed by atoms with Crippen molar-refractivity contribution < 1.29 is 39.3 Å². The number of amides is 4. The summed E-state index contributed by atoms with van der Waals surface area (Å²) >= 11 is 0. The third kappa shape index (κ3) is 8.52. The maximum Gasteiger partial charge on any atom is 0.326 e. The maximum absolute atomic E-state index is 13.5. The molecular weight excluding hydrogens is 548 g/mol. The lowest BCUT2D eigenvalue weighted by Gasteiger charge is -2.25. The molecule has 14 nitrogen and oxygen atoms in total. The molecule has 0 aliphatic carbocycles. The van der Waals surface area contributed by atoms with Crippen molar-refractivity contribution in [1.82, 2.24) is 20.9 Å². The number of phenolic OH excluding ortho intramolecular Hbond substituents is 1. The molecule has 2 aromatic carbocycles. The van der Waals surface area contributed by atoms with Crippen LogP contribution < -0.4 is 27.4 Å². The first kappa shape index (κ1) is 31.6. The van der Waals surface area contributed by atoms with Crippen LogP contribution in [0.1, 0.15) is 24.5 Å². The highest BCUT2D eigenvalue weighted by atomic mass is 16.4. The van der Waals surface area contributed by atoms with Crippen molar-refractivity contribution in [3.8, 4) is 5.75 Å². The molecule has 4 amide bonds. The van der Waals surface area contributed by atoms with E-state index in [0.717, 1.165) is 10.9 Å². The van der Waals surface area contributed by atoms with Gasteiger partial charge in [0.2, 0.25) is 23.6 Å². The van der Waals surface area contributed by atoms with Crippen molar-refractivity contribution in [2.75, 3.05) is 0 Å². The summed E-state index contributed by atoms with van der Waals surface area (Å²) in [4.78, 5) is 66.0. The number of aliphatic hydroxyl groups is 1. The molecule has 0 saturated carbocycles. The number of carboxylic acid groups (broad SMARTS) is 1. The summed E-state index contributed by atoms with van der Waals surface area (Å²) in [5.41, 5.74) is 12.8. The topological polar surface area (TPSA) is 250 Å². The van der Waals surface area contributed by atoms with Gasteiger partial charge in [-0.2, -0.15) is 0 Å². The van der Waals surface area contributed by atoms with E-state index in [9.17, 15) is 39.3 Å². The number of carbonyl (C=O) groups excluding carboxylic acids is 4. The Morgan fingerprint density at radius 3 is 2.07 bits per heavy atom. The molecule has 1 heterocycles. The van der Waals surface area contributed by atoms with E-state index in [-0.39, 0.29) is 18.6 Å². The molecule has 11 N–H and O–H groups in total. The summed E-state index contributed by atoms with van der Waals surface area (Å²) < 4.78 is 0. The Balaban J connectivity index is 1.88. The molecule has 42 heavy (non-hydrogen) atoms. The number of phenols is 1. The van der Waals surface area contributed by atoms with Gasteiger partial charge < -0.3 is 47.7 Å². The van der Waals surface area contributed by atoms with Crippen molar-refractivity contribution in [3.63, 3.8) is 0 Å². The Bertz CT molecular complexity index is 1440. The second-order valence-electron chi connectivity index (χ2n) is 9.89. The SMILES string of the molecule is CC(O)C(N)C(=O)NC(CC(N)=O)C(=O)NC(Cc1c[nH]c2ccccc12)C(=O)NC(Cc1ccc(O)cc1)C(=O)O. The van der Waals surface area contributed by atoms with Gasteiger partial charge in [0, 0.05) is 29.9 Å². The Hall–Kier alpha value is -4.95. The second-order valence-corrected chi connectivity index (χ2v) is 9.89. The predicted octanol–water partition coefficient (Wildman–Crippen LogP) is -1.22. The van der Waals surface area contributed by atoms with Gasteiger partial charge in [0.05, 0.1) is 12.5 Å². The van der Waals surface area contributed by atoms with E-state index in [0.29, 0.717) is 11.1 Å². The highest BCUT2D eigenvalue weighted by Crippen LogP contribution is 2.19. The van der Waals surface area contributed by atoms with Crippen LogP contribution >= 0.6 is 0 Å². The minimum atomic E-state index is -1.54. The van der Waals surface area contributed by atoms with Crippen LogP contribution in [-0.4, -0.2) is 80.2 Å². The highest BCUT2D eigenvalue weighted by Gasteiger charge is 2.32. The van der Waals surface area contributed by atoms with E-state index in [1.165, 1.54) is 31.2 Å². The number of benzene rings is 2. The number of para-hydroxylation sites is 1. The number of fused-ring (bicyclic) bond motifs is 1. The first-order valence-electron chi connectivity index (χ1n) is 13.0. The van der Waals surface area contributed by atoms with E-state index < -0.39 is 66.3 Å². The number of hydrogen-bond acceptors (Lipinski definition) is 8. The molecule has 3 rings (SSSR count). The summed E-state index contributed by atoms with van der Waals surface area (Å²) in [5, 5.41) is 36.9. The number of aromatic amines is 1. The molecular formula is C28H34N6O8. The molecule has 3 aromatic rings. The molecule has 0 aliphatic heterocycles. The average Bonchev–Trinajstić information content (AvgIpc) is 3.34. The summed E-state index contributed by atoms with van der Waals surface area (Å²) in [7, 11) is 0. The molecule has 0 bridgehead atoms. The predicted molar refractivity (Wildman–Crippen MR) is 151 cm³/mol. The first-order valence-corrected chi connectivity index (χ1v) is 13.0. The summed E-state index contributed by atoms with van der Waals surface area (Å²) in [6.07, 6.45) is -0.453. The van der Waals surface area contributed by atoms with Gasteiger partial charge in [-0.15, -0.1) is 0 Å². The number of primary amides is 1. The molecule has 0 spiro atoms. The van der Waals surface area contributed by atoms with Gasteiger partial charge in [-0.05, 0) is 36.2 Å². The molecule has 0 aliphatic rings. The van der Waals surface area contributed by atoms with E-state index in [2.05, 4.69) is 20.9 Å². The minimum absolute atomic E-state index is 0.0109. The lowest BCUT2D eigenvalue weighted by atomic mass is 10.0. The molecule has 5 atom stereocenters. The quantitative estimate of drug-likeness (QED) is 0.110. The van der Waals surface area contributed by atoms with Gasteiger partial charge in [-0.1, -0.05) is 30.3 Å². The molecule has 14 heteroatoms. The Kier molecular flexibility index (Phi) is 10.6. The van der Waals surface area contributed by atoms with E-state index in [4.69, 9.17) is 11.5 Å². The Morgan fingerprint density at radius 1 is 0.857 bits per heavy atom. The lowest BCUT2D eigenvalue weighted by molar-refractivity contribution is -0.142. The van der Waals surface area contributed by atoms with E-state index in [1.54, 1.807) is 18.3 Å². The van der Waals surface area contributed by atoms with E-state index >= 15 is 0 Å². The highest BCUT2D eigenvalue weighted by molar-refractivity contribution is 5.96. The fraction of sp³-hybridized carbons (Fsp3) is 0.321. The number of carboxylic acids is 1. The number of nitrogens with one attached hydrogen (secondary N) is 4. The van der Waals surface area contributed by atoms with Crippen LogP contribution in [0.3, 0.4) is 0 Å². The third-order valence-electron chi connectivity index (χ3n) is 6.58. The van der Waals surface area contributed by atoms with Crippen LogP contribution in [-0.2, 0) is 36.8 Å². The monoisotopic (exact) mass is 582 g/mol. The molecule has 0 saturated heterocycles. The fourth-order valence-corrected chi connectivity index (χ4v) is 4.24. The number of aliphatic carboxylic acids is 1. The Labute approximate surface area is 240 Å². The van der Waals surface area contributed by atoms with Crippen LogP contribution in [0.25, 0.3) is 10.9 Å². The van der Waals surface area contributed by atoms with Crippen molar-refractivity contribution in [1.29, 1.82) is 0 Å². The van der Waals surface area contributed by atoms with Gasteiger partial charge in [-0.3, -0.25) is 19.2 Å². The van der Waals surface area contributed by atoms with Gasteiger partial charge in [0.15, 0.2) is 0 Å². The zero-order valence-corrected chi connectivity index (χ0v) is 22.7. The summed E-state index contributed by atoms with van der Waals surface area (Å²) in [6.45, 7) is 1.27. The molecule has 0 fully saturated rings. The second kappa shape index (κ2) is 14.1. The van der Waals surface area contributed by atoms with Gasteiger partial charge in [-0.25, -0.2) is 4.79 Å². The van der Waals surface area contributed by atoms with Gasteiger partial charge >= 0.3 is 5.97 Å². The number of aromatic nitrogens is 1. The van der Waals surface area contributed by atoms with Crippen LogP contribution in [0.2, 0.25) is 0 Å². The average molecular weight is 583 g/mol. The number of nitrogens with two attached hydrogens (primary N) is 2. The third-order valence-corrected chi connectivity index (χ3v) is 6.58. The standard InChI is InChI=1S/C28H34N6O8/c1-14(35)24(30)27(40)33-21(12-23(29)37)26(39)32-20(11-16-13-31-19-5-3-2-4-18(16)19)25(38)34-22(28(41)42)10-15-6-8-17(36)9-7-15/h2-9,13-14,20-22,24,31,35-36H,10-12,30H2,1H3,(H2,29,37)(H,32,39)(H,33,40)(H,34,38)(H,41,42). The number of hydrogen-bond donors (Lipinski definition) is 9. The zero-order chi connectivity index (χ0) is 31.0. The van der Waals surface area contributed by atoms with Crippen LogP contribution in [0, 0.1) is 0 Å². The Morgan fingerprint density at radius 2 is 1.45 bits per heavy atom. The smallest absolute Gasteiger partial charge is 0.326 e. The minimum Gasteiger partial charge on any atom is -0.508 e. The zero-order valence-electron chi connectivity index (χ0n) is 22.7. The molecule has 0 radical (unpaired) electrons. The van der Waals surface area contributed by atoms with Crippen molar-refractivity contribution in [2.45, 2.75) is 56.5 Å². The number of rotatable bonds is 14. The van der Waals surface area contributed by atoms with Gasteiger partial charge in [0.1, 0.15) is 29.9 Å². The van der Waals surface area contributed by atoms with Gasteiger partial charge in [0.25, 0.3) is 0 Å². The number of carbonyl (C=O) groups is 5. The first-order chi connectivity index (χ1) is 19.8. The number of aromatic hydroxyl groups is 1. The molecule has 1 aromatic heterocycles. The van der Waals surface area contributed by atoms with Crippen LogP contribution in [0.15, 0.2) is 54.7 Å². The summed E-state index contributed by atoms with van der Waals surface area (Å²) in [5.74, 6) is -5.00. The summed E-state index contributed by atoms with van der Waals surface area (Å²) in [6, 6.07) is 7.31. The maximum atomic E-state index is 13.5. The lowest BCUT2D eigenvalue weighted by Crippen LogP contribution is -2.59. The fourth-order valence-electron chi connectivity index (χ4n) is 4.24. The van der Waals surface area contributed by atoms with Crippen molar-refractivity contribution in [2.24, 2.45) is 11.5 Å².